The molecule has 6 nitrogen and oxygen atoms in total. The number of nitrogens with zero attached hydrogens (tertiary/aromatic N) is 2. The van der Waals surface area contributed by atoms with Crippen LogP contribution in [-0.2, 0) is 12.1 Å². The van der Waals surface area contributed by atoms with Gasteiger partial charge in [0.05, 0.1) is 13.7 Å². The summed E-state index contributed by atoms with van der Waals surface area (Å²) in [6, 6.07) is 18.1. The molecule has 32 heavy (non-hydrogen) atoms. The van der Waals surface area contributed by atoms with Crippen molar-refractivity contribution in [3.63, 3.8) is 0 Å². The van der Waals surface area contributed by atoms with Crippen molar-refractivity contribution < 1.29 is 9.84 Å². The van der Waals surface area contributed by atoms with Gasteiger partial charge in [-0.15, -0.1) is 0 Å². The van der Waals surface area contributed by atoms with Crippen LogP contribution in [-0.4, -0.2) is 55.8 Å². The first-order valence-electron chi connectivity index (χ1n) is 11.7. The van der Waals surface area contributed by atoms with Crippen molar-refractivity contribution in [2.24, 2.45) is 10.9 Å². The van der Waals surface area contributed by atoms with Gasteiger partial charge in [0.2, 0.25) is 0 Å². The van der Waals surface area contributed by atoms with Crippen LogP contribution in [0.2, 0.25) is 0 Å². The van der Waals surface area contributed by atoms with Crippen LogP contribution in [0, 0.1) is 5.92 Å². The first-order chi connectivity index (χ1) is 15.5. The zero-order chi connectivity index (χ0) is 22.8. The summed E-state index contributed by atoms with van der Waals surface area (Å²) in [5.41, 5.74) is 1.22. The fraction of sp³-hybridized carbons (Fsp3) is 0.500. The molecule has 1 saturated heterocycles. The van der Waals surface area contributed by atoms with Gasteiger partial charge in [-0.25, -0.2) is 4.99 Å². The molecule has 1 unspecified atom stereocenters. The molecule has 0 aromatic heterocycles. The van der Waals surface area contributed by atoms with E-state index in [1.165, 1.54) is 18.4 Å². The van der Waals surface area contributed by atoms with Crippen molar-refractivity contribution in [1.82, 2.24) is 15.5 Å². The van der Waals surface area contributed by atoms with Crippen LogP contribution >= 0.6 is 0 Å². The van der Waals surface area contributed by atoms with Crippen molar-refractivity contribution in [2.45, 2.75) is 38.8 Å². The van der Waals surface area contributed by atoms with E-state index >= 15 is 0 Å². The van der Waals surface area contributed by atoms with E-state index in [0.717, 1.165) is 50.0 Å². The van der Waals surface area contributed by atoms with Crippen LogP contribution in [0.25, 0.3) is 0 Å². The minimum absolute atomic E-state index is 0.312. The molecule has 2 aromatic carbocycles. The van der Waals surface area contributed by atoms with E-state index in [1.54, 1.807) is 7.11 Å². The number of piperidine rings is 1. The average Bonchev–Trinajstić information content (AvgIpc) is 2.83. The van der Waals surface area contributed by atoms with Crippen molar-refractivity contribution in [2.75, 3.05) is 39.8 Å². The third kappa shape index (κ3) is 7.24. The maximum Gasteiger partial charge on any atom is 0.191 e. The van der Waals surface area contributed by atoms with Crippen molar-refractivity contribution in [1.29, 1.82) is 0 Å². The normalized spacial score (nSPS) is 17.6. The van der Waals surface area contributed by atoms with Gasteiger partial charge in [0.15, 0.2) is 5.96 Å². The van der Waals surface area contributed by atoms with Gasteiger partial charge < -0.3 is 20.5 Å². The Bertz CT molecular complexity index is 829. The molecule has 0 amide bonds. The van der Waals surface area contributed by atoms with Crippen molar-refractivity contribution >= 4 is 5.96 Å². The maximum atomic E-state index is 10.8. The van der Waals surface area contributed by atoms with Gasteiger partial charge in [0, 0.05) is 19.6 Å². The summed E-state index contributed by atoms with van der Waals surface area (Å²) in [5.74, 6) is 2.30. The zero-order valence-electron chi connectivity index (χ0n) is 19.7. The minimum atomic E-state index is -0.990. The second kappa shape index (κ2) is 11.9. The molecule has 0 spiro atoms. The first-order valence-corrected chi connectivity index (χ1v) is 11.7. The predicted octanol–water partition coefficient (Wildman–Crippen LogP) is 3.37. The van der Waals surface area contributed by atoms with E-state index in [0.29, 0.717) is 12.5 Å². The molecular formula is C26H38N4O2. The van der Waals surface area contributed by atoms with E-state index < -0.39 is 5.60 Å². The van der Waals surface area contributed by atoms with Gasteiger partial charge in [-0.3, -0.25) is 4.90 Å². The van der Waals surface area contributed by atoms with Crippen LogP contribution in [0.5, 0.6) is 5.75 Å². The second-order valence-electron chi connectivity index (χ2n) is 8.78. The number of hydrogen-bond donors (Lipinski definition) is 3. The molecule has 0 saturated carbocycles. The van der Waals surface area contributed by atoms with Gasteiger partial charge in [0.25, 0.3) is 0 Å². The summed E-state index contributed by atoms with van der Waals surface area (Å²) >= 11 is 0. The standard InChI is InChI=1S/C26H38N4O2/c1-4-27-25(29-20-26(2,31)23-8-6-5-7-9-23)28-18-21-14-16-30(17-15-21)19-22-10-12-24(32-3)13-11-22/h5-13,21,31H,4,14-20H2,1-3H3,(H2,27,28,29). The Labute approximate surface area is 192 Å². The van der Waals surface area contributed by atoms with E-state index in [-0.39, 0.29) is 0 Å². The Morgan fingerprint density at radius 1 is 1.09 bits per heavy atom. The Hall–Kier alpha value is -2.57. The van der Waals surface area contributed by atoms with Crippen LogP contribution in [0.4, 0.5) is 0 Å². The lowest BCUT2D eigenvalue weighted by atomic mass is 9.96. The smallest absolute Gasteiger partial charge is 0.191 e. The molecule has 3 N–H and O–H groups in total. The third-order valence-electron chi connectivity index (χ3n) is 6.12. The molecule has 6 heteroatoms. The van der Waals surface area contributed by atoms with Crippen LogP contribution in [0.3, 0.4) is 0 Å². The molecule has 1 atom stereocenters. The average molecular weight is 439 g/mol. The Morgan fingerprint density at radius 2 is 1.78 bits per heavy atom. The molecule has 1 aliphatic rings. The van der Waals surface area contributed by atoms with Crippen LogP contribution in [0.1, 0.15) is 37.8 Å². The van der Waals surface area contributed by atoms with Crippen molar-refractivity contribution in [3.8, 4) is 5.75 Å². The number of guanidine groups is 1. The number of hydrogen-bond acceptors (Lipinski definition) is 4. The molecule has 3 rings (SSSR count). The summed E-state index contributed by atoms with van der Waals surface area (Å²) in [6.07, 6.45) is 2.34. The van der Waals surface area contributed by atoms with Crippen LogP contribution < -0.4 is 15.4 Å². The van der Waals surface area contributed by atoms with Gasteiger partial charge in [0.1, 0.15) is 11.4 Å². The summed E-state index contributed by atoms with van der Waals surface area (Å²) in [4.78, 5) is 7.18. The number of ether oxygens (including phenoxy) is 1. The zero-order valence-corrected chi connectivity index (χ0v) is 19.7. The van der Waals surface area contributed by atoms with Gasteiger partial charge in [-0.05, 0) is 69.0 Å². The van der Waals surface area contributed by atoms with E-state index in [4.69, 9.17) is 4.74 Å². The molecule has 174 valence electrons. The lowest BCUT2D eigenvalue weighted by molar-refractivity contribution is 0.0672. The second-order valence-corrected chi connectivity index (χ2v) is 8.78. The molecule has 1 heterocycles. The molecule has 0 bridgehead atoms. The molecule has 0 aliphatic carbocycles. The maximum absolute atomic E-state index is 10.8. The Balaban J connectivity index is 1.45. The fourth-order valence-electron chi connectivity index (χ4n) is 4.04. The topological polar surface area (TPSA) is 69.1 Å². The minimum Gasteiger partial charge on any atom is -0.497 e. The third-order valence-corrected chi connectivity index (χ3v) is 6.12. The summed E-state index contributed by atoms with van der Waals surface area (Å²) in [7, 11) is 1.70. The molecular weight excluding hydrogens is 400 g/mol. The number of methoxy groups -OCH3 is 1. The van der Waals surface area contributed by atoms with E-state index in [1.807, 2.05) is 49.4 Å². The highest BCUT2D eigenvalue weighted by atomic mass is 16.5. The molecule has 1 aliphatic heterocycles. The Morgan fingerprint density at radius 3 is 2.41 bits per heavy atom. The molecule has 1 fully saturated rings. The van der Waals surface area contributed by atoms with Gasteiger partial charge in [-0.2, -0.15) is 0 Å². The fourth-order valence-corrected chi connectivity index (χ4v) is 4.04. The largest absolute Gasteiger partial charge is 0.497 e. The monoisotopic (exact) mass is 438 g/mol. The summed E-state index contributed by atoms with van der Waals surface area (Å²) < 4.78 is 5.25. The number of aliphatic imine (C=N–C) groups is 1. The number of nitrogens with one attached hydrogen (secondary N) is 2. The highest BCUT2D eigenvalue weighted by molar-refractivity contribution is 5.79. The van der Waals surface area contributed by atoms with Crippen LogP contribution in [0.15, 0.2) is 59.6 Å². The Kier molecular flexibility index (Phi) is 8.94. The van der Waals surface area contributed by atoms with Gasteiger partial charge in [-0.1, -0.05) is 42.5 Å². The van der Waals surface area contributed by atoms with E-state index in [9.17, 15) is 5.11 Å². The predicted molar refractivity (Wildman–Crippen MR) is 131 cm³/mol. The molecule has 0 radical (unpaired) electrons. The highest BCUT2D eigenvalue weighted by Crippen LogP contribution is 2.21. The lowest BCUT2D eigenvalue weighted by Crippen LogP contribution is -2.43. The number of likely N-dealkylation sites (tertiary alicyclic amines) is 1. The van der Waals surface area contributed by atoms with Gasteiger partial charge >= 0.3 is 0 Å². The van der Waals surface area contributed by atoms with Crippen molar-refractivity contribution in [3.05, 3.63) is 65.7 Å². The summed E-state index contributed by atoms with van der Waals surface area (Å²) in [6.45, 7) is 9.08. The first kappa shape index (κ1) is 24.1. The SMILES string of the molecule is CCNC(=NCC(C)(O)c1ccccc1)NCC1CCN(Cc2ccc(OC)cc2)CC1. The lowest BCUT2D eigenvalue weighted by Gasteiger charge is -2.32. The number of benzene rings is 2. The number of aliphatic hydroxyl groups is 1. The molecule has 2 aromatic rings. The quantitative estimate of drug-likeness (QED) is 0.414. The summed E-state index contributed by atoms with van der Waals surface area (Å²) in [5, 5.41) is 17.6. The van der Waals surface area contributed by atoms with E-state index in [2.05, 4.69) is 39.6 Å². The number of rotatable bonds is 9. The highest BCUT2D eigenvalue weighted by Gasteiger charge is 2.23.